The van der Waals surface area contributed by atoms with Crippen LogP contribution in [0.15, 0.2) is 4.52 Å². The zero-order valence-corrected chi connectivity index (χ0v) is 15.0. The van der Waals surface area contributed by atoms with Crippen molar-refractivity contribution in [3.05, 3.63) is 11.7 Å². The van der Waals surface area contributed by atoms with E-state index >= 15 is 0 Å². The standard InChI is InChI=1S/C16H26N2O4S/c1-15(2,3)23(19,20)11-13-17-14(18-22-13)12-6-9-21-16(10-12)7-4-5-8-16/h12H,4-11H2,1-3H3. The molecular formula is C16H26N2O4S. The van der Waals surface area contributed by atoms with Crippen LogP contribution >= 0.6 is 0 Å². The number of hydrogen-bond donors (Lipinski definition) is 0. The Morgan fingerprint density at radius 3 is 2.61 bits per heavy atom. The summed E-state index contributed by atoms with van der Waals surface area (Å²) in [7, 11) is -3.31. The minimum Gasteiger partial charge on any atom is -0.375 e. The smallest absolute Gasteiger partial charge is 0.241 e. The van der Waals surface area contributed by atoms with Gasteiger partial charge in [0.15, 0.2) is 15.7 Å². The molecule has 2 fully saturated rings. The molecule has 130 valence electrons. The highest BCUT2D eigenvalue weighted by Crippen LogP contribution is 2.44. The summed E-state index contributed by atoms with van der Waals surface area (Å²) in [6.07, 6.45) is 6.42. The second kappa shape index (κ2) is 5.84. The second-order valence-corrected chi connectivity index (χ2v) is 10.6. The minimum atomic E-state index is -3.31. The van der Waals surface area contributed by atoms with Gasteiger partial charge in [0.05, 0.1) is 10.3 Å². The van der Waals surface area contributed by atoms with Crippen molar-refractivity contribution in [3.63, 3.8) is 0 Å². The molecule has 0 N–H and O–H groups in total. The molecule has 2 aliphatic rings. The van der Waals surface area contributed by atoms with Crippen LogP contribution in [-0.4, -0.2) is 35.5 Å². The maximum absolute atomic E-state index is 12.3. The molecule has 0 bridgehead atoms. The van der Waals surface area contributed by atoms with E-state index in [1.54, 1.807) is 20.8 Å². The first kappa shape index (κ1) is 16.9. The van der Waals surface area contributed by atoms with Gasteiger partial charge in [-0.2, -0.15) is 4.98 Å². The number of sulfone groups is 1. The summed E-state index contributed by atoms with van der Waals surface area (Å²) in [5.74, 6) is 0.843. The summed E-state index contributed by atoms with van der Waals surface area (Å²) in [6.45, 7) is 5.76. The predicted octanol–water partition coefficient (Wildman–Crippen LogP) is 2.99. The van der Waals surface area contributed by atoms with E-state index in [0.717, 1.165) is 32.3 Å². The largest absolute Gasteiger partial charge is 0.375 e. The van der Waals surface area contributed by atoms with Gasteiger partial charge in [-0.05, 0) is 46.5 Å². The number of ether oxygens (including phenoxy) is 1. The molecular weight excluding hydrogens is 316 g/mol. The van der Waals surface area contributed by atoms with E-state index in [0.29, 0.717) is 5.82 Å². The van der Waals surface area contributed by atoms with E-state index in [-0.39, 0.29) is 23.2 Å². The van der Waals surface area contributed by atoms with Crippen LogP contribution in [0.4, 0.5) is 0 Å². The summed E-state index contributed by atoms with van der Waals surface area (Å²) >= 11 is 0. The highest BCUT2D eigenvalue weighted by molar-refractivity contribution is 7.91. The maximum atomic E-state index is 12.3. The molecule has 1 saturated carbocycles. The average molecular weight is 342 g/mol. The van der Waals surface area contributed by atoms with Gasteiger partial charge in [-0.15, -0.1) is 0 Å². The van der Waals surface area contributed by atoms with Crippen LogP contribution in [0.2, 0.25) is 0 Å². The minimum absolute atomic E-state index is 0.0127. The van der Waals surface area contributed by atoms with Crippen molar-refractivity contribution in [2.45, 2.75) is 81.3 Å². The van der Waals surface area contributed by atoms with Gasteiger partial charge in [0.1, 0.15) is 5.75 Å². The van der Waals surface area contributed by atoms with Crippen molar-refractivity contribution in [2.24, 2.45) is 0 Å². The van der Waals surface area contributed by atoms with E-state index in [2.05, 4.69) is 10.1 Å². The average Bonchev–Trinajstić information content (AvgIpc) is 3.07. The van der Waals surface area contributed by atoms with Crippen molar-refractivity contribution >= 4 is 9.84 Å². The topological polar surface area (TPSA) is 82.3 Å². The van der Waals surface area contributed by atoms with Crippen LogP contribution in [0.5, 0.6) is 0 Å². The van der Waals surface area contributed by atoms with Crippen LogP contribution in [0, 0.1) is 0 Å². The highest BCUT2D eigenvalue weighted by atomic mass is 32.2. The molecule has 1 aromatic heterocycles. The monoisotopic (exact) mass is 342 g/mol. The molecule has 0 radical (unpaired) electrons. The Labute approximate surface area is 137 Å². The van der Waals surface area contributed by atoms with Crippen LogP contribution in [0.3, 0.4) is 0 Å². The molecule has 23 heavy (non-hydrogen) atoms. The van der Waals surface area contributed by atoms with E-state index in [4.69, 9.17) is 9.26 Å². The van der Waals surface area contributed by atoms with Gasteiger partial charge < -0.3 is 9.26 Å². The van der Waals surface area contributed by atoms with Crippen LogP contribution < -0.4 is 0 Å². The molecule has 7 heteroatoms. The fourth-order valence-corrected chi connectivity index (χ4v) is 4.36. The Hall–Kier alpha value is -0.950. The van der Waals surface area contributed by atoms with Crippen molar-refractivity contribution in [1.29, 1.82) is 0 Å². The molecule has 1 aliphatic heterocycles. The van der Waals surface area contributed by atoms with Crippen molar-refractivity contribution in [1.82, 2.24) is 10.1 Å². The number of rotatable bonds is 3. The molecule has 1 unspecified atom stereocenters. The van der Waals surface area contributed by atoms with Crippen LogP contribution in [0.25, 0.3) is 0 Å². The van der Waals surface area contributed by atoms with E-state index in [1.165, 1.54) is 12.8 Å². The molecule has 6 nitrogen and oxygen atoms in total. The number of hydrogen-bond acceptors (Lipinski definition) is 6. The first-order valence-electron chi connectivity index (χ1n) is 8.40. The summed E-state index contributed by atoms with van der Waals surface area (Å²) < 4.78 is 34.9. The van der Waals surface area contributed by atoms with Gasteiger partial charge in [0.2, 0.25) is 5.89 Å². The summed E-state index contributed by atoms with van der Waals surface area (Å²) in [6, 6.07) is 0. The Morgan fingerprint density at radius 1 is 1.26 bits per heavy atom. The first-order chi connectivity index (χ1) is 10.7. The lowest BCUT2D eigenvalue weighted by molar-refractivity contribution is -0.0815. The van der Waals surface area contributed by atoms with Gasteiger partial charge >= 0.3 is 0 Å². The molecule has 1 aliphatic carbocycles. The molecule has 1 atom stereocenters. The summed E-state index contributed by atoms with van der Waals surface area (Å²) in [5, 5.41) is 4.05. The SMILES string of the molecule is CC(C)(C)S(=O)(=O)Cc1nc(C2CCOC3(CCCC3)C2)no1. The molecule has 1 spiro atoms. The van der Waals surface area contributed by atoms with Crippen LogP contribution in [0.1, 0.15) is 76.9 Å². The third-order valence-corrected chi connectivity index (χ3v) is 7.60. The van der Waals surface area contributed by atoms with Gasteiger partial charge in [0, 0.05) is 12.5 Å². The molecule has 3 rings (SSSR count). The van der Waals surface area contributed by atoms with Crippen LogP contribution in [-0.2, 0) is 20.3 Å². The normalized spacial score (nSPS) is 25.1. The molecule has 2 heterocycles. The maximum Gasteiger partial charge on any atom is 0.241 e. The third-order valence-electron chi connectivity index (χ3n) is 5.10. The zero-order chi connectivity index (χ0) is 16.7. The molecule has 0 aromatic carbocycles. The van der Waals surface area contributed by atoms with Gasteiger partial charge in [-0.25, -0.2) is 8.42 Å². The van der Waals surface area contributed by atoms with E-state index < -0.39 is 14.6 Å². The van der Waals surface area contributed by atoms with E-state index in [9.17, 15) is 8.42 Å². The Kier molecular flexibility index (Phi) is 4.29. The number of nitrogens with zero attached hydrogens (tertiary/aromatic N) is 2. The highest BCUT2D eigenvalue weighted by Gasteiger charge is 2.41. The zero-order valence-electron chi connectivity index (χ0n) is 14.2. The lowest BCUT2D eigenvalue weighted by Crippen LogP contribution is -2.36. The predicted molar refractivity (Wildman–Crippen MR) is 85.8 cm³/mol. The summed E-state index contributed by atoms with van der Waals surface area (Å²) in [4.78, 5) is 4.37. The molecule has 0 amide bonds. The van der Waals surface area contributed by atoms with E-state index in [1.807, 2.05) is 0 Å². The molecule has 1 saturated heterocycles. The van der Waals surface area contributed by atoms with Crippen molar-refractivity contribution in [2.75, 3.05) is 6.61 Å². The second-order valence-electron chi connectivity index (χ2n) is 7.85. The first-order valence-corrected chi connectivity index (χ1v) is 10.0. The van der Waals surface area contributed by atoms with Gasteiger partial charge in [-0.1, -0.05) is 18.0 Å². The van der Waals surface area contributed by atoms with Crippen molar-refractivity contribution < 1.29 is 17.7 Å². The van der Waals surface area contributed by atoms with Gasteiger partial charge in [0.25, 0.3) is 0 Å². The Morgan fingerprint density at radius 2 is 1.96 bits per heavy atom. The Balaban J connectivity index is 1.72. The summed E-state index contributed by atoms with van der Waals surface area (Å²) in [5.41, 5.74) is -0.0127. The lowest BCUT2D eigenvalue weighted by atomic mass is 9.84. The number of aromatic nitrogens is 2. The Bertz CT molecular complexity index is 654. The fourth-order valence-electron chi connectivity index (χ4n) is 3.49. The lowest BCUT2D eigenvalue weighted by Gasteiger charge is -2.37. The van der Waals surface area contributed by atoms with Gasteiger partial charge in [-0.3, -0.25) is 0 Å². The quantitative estimate of drug-likeness (QED) is 0.840. The fraction of sp³-hybridized carbons (Fsp3) is 0.875. The molecule has 1 aromatic rings. The third kappa shape index (κ3) is 3.45. The van der Waals surface area contributed by atoms with Crippen molar-refractivity contribution in [3.8, 4) is 0 Å².